The van der Waals surface area contributed by atoms with Crippen molar-refractivity contribution in [1.29, 1.82) is 0 Å². The number of halogens is 1. The summed E-state index contributed by atoms with van der Waals surface area (Å²) in [5, 5.41) is 7.94. The number of carbonyl (C=O) groups is 1. The van der Waals surface area contributed by atoms with Gasteiger partial charge in [0.25, 0.3) is 0 Å². The maximum atomic E-state index is 12.2. The van der Waals surface area contributed by atoms with Crippen LogP contribution in [0.15, 0.2) is 6.20 Å². The van der Waals surface area contributed by atoms with Crippen LogP contribution in [0.4, 0.5) is 0 Å². The second kappa shape index (κ2) is 5.65. The molecule has 5 heteroatoms. The molecule has 1 atom stereocenters. The van der Waals surface area contributed by atoms with Crippen molar-refractivity contribution >= 4 is 17.4 Å². The van der Waals surface area contributed by atoms with Gasteiger partial charge < -0.3 is 5.32 Å². The molecule has 2 rings (SSSR count). The van der Waals surface area contributed by atoms with Gasteiger partial charge in [-0.3, -0.25) is 9.48 Å². The molecule has 1 aromatic rings. The van der Waals surface area contributed by atoms with Gasteiger partial charge in [-0.05, 0) is 25.8 Å². The Morgan fingerprint density at radius 2 is 2.53 bits per heavy atom. The lowest BCUT2D eigenvalue weighted by atomic mass is 10.1. The Morgan fingerprint density at radius 1 is 1.71 bits per heavy atom. The summed E-state index contributed by atoms with van der Waals surface area (Å²) >= 11 is 6.04. The van der Waals surface area contributed by atoms with Gasteiger partial charge in [0, 0.05) is 19.0 Å². The fourth-order valence-electron chi connectivity index (χ4n) is 2.27. The molecular formula is C12H18ClN3O. The van der Waals surface area contributed by atoms with E-state index in [1.807, 2.05) is 0 Å². The van der Waals surface area contributed by atoms with Crippen LogP contribution in [0.1, 0.15) is 43.1 Å². The second-order valence-corrected chi connectivity index (χ2v) is 4.89. The fourth-order valence-corrected chi connectivity index (χ4v) is 2.52. The first-order valence-electron chi connectivity index (χ1n) is 6.20. The van der Waals surface area contributed by atoms with Crippen molar-refractivity contribution in [1.82, 2.24) is 15.1 Å². The van der Waals surface area contributed by atoms with E-state index in [4.69, 9.17) is 11.6 Å². The van der Waals surface area contributed by atoms with E-state index < -0.39 is 0 Å². The predicted molar refractivity (Wildman–Crippen MR) is 67.5 cm³/mol. The highest BCUT2D eigenvalue weighted by molar-refractivity contribution is 6.33. The second-order valence-electron chi connectivity index (χ2n) is 4.48. The van der Waals surface area contributed by atoms with Crippen LogP contribution in [0, 0.1) is 0 Å². The zero-order chi connectivity index (χ0) is 12.3. The van der Waals surface area contributed by atoms with Crippen molar-refractivity contribution in [3.63, 3.8) is 0 Å². The number of hydrogen-bond acceptors (Lipinski definition) is 3. The molecule has 0 aliphatic carbocycles. The van der Waals surface area contributed by atoms with Crippen LogP contribution in [0.3, 0.4) is 0 Å². The largest absolute Gasteiger partial charge is 0.314 e. The maximum Gasteiger partial charge on any atom is 0.183 e. The number of aryl methyl sites for hydroxylation is 1. The Hall–Kier alpha value is -0.870. The molecule has 0 amide bonds. The van der Waals surface area contributed by atoms with E-state index in [9.17, 15) is 4.79 Å². The van der Waals surface area contributed by atoms with E-state index in [1.165, 1.54) is 0 Å². The Balaban J connectivity index is 2.09. The monoisotopic (exact) mass is 255 g/mol. The zero-order valence-electron chi connectivity index (χ0n) is 10.1. The lowest BCUT2D eigenvalue weighted by molar-refractivity contribution is 0.0961. The van der Waals surface area contributed by atoms with Gasteiger partial charge in [-0.25, -0.2) is 0 Å². The Kier molecular flexibility index (Phi) is 4.18. The first-order valence-corrected chi connectivity index (χ1v) is 6.58. The van der Waals surface area contributed by atoms with Crippen molar-refractivity contribution in [3.8, 4) is 0 Å². The number of carbonyl (C=O) groups excluding carboxylic acids is 1. The van der Waals surface area contributed by atoms with Crippen LogP contribution in [-0.4, -0.2) is 28.2 Å². The van der Waals surface area contributed by atoms with Gasteiger partial charge in [-0.15, -0.1) is 0 Å². The van der Waals surface area contributed by atoms with Crippen LogP contribution in [0.2, 0.25) is 5.02 Å². The van der Waals surface area contributed by atoms with Crippen LogP contribution in [0.25, 0.3) is 0 Å². The van der Waals surface area contributed by atoms with Crippen molar-refractivity contribution in [2.45, 2.75) is 45.2 Å². The quantitative estimate of drug-likeness (QED) is 0.821. The van der Waals surface area contributed by atoms with Gasteiger partial charge in [-0.2, -0.15) is 5.10 Å². The molecule has 1 fully saturated rings. The smallest absolute Gasteiger partial charge is 0.183 e. The van der Waals surface area contributed by atoms with Gasteiger partial charge in [0.1, 0.15) is 5.69 Å². The number of aromatic nitrogens is 2. The van der Waals surface area contributed by atoms with Gasteiger partial charge >= 0.3 is 0 Å². The number of nitrogens with zero attached hydrogens (tertiary/aromatic N) is 2. The SMILES string of the molecule is CCCn1ncc(Cl)c1C(=O)CC1CCCN1. The van der Waals surface area contributed by atoms with E-state index in [0.717, 1.165) is 32.4 Å². The lowest BCUT2D eigenvalue weighted by Gasteiger charge is -2.10. The van der Waals surface area contributed by atoms with Crippen LogP contribution in [0.5, 0.6) is 0 Å². The third kappa shape index (κ3) is 2.87. The highest BCUT2D eigenvalue weighted by atomic mass is 35.5. The summed E-state index contributed by atoms with van der Waals surface area (Å²) < 4.78 is 1.72. The van der Waals surface area contributed by atoms with Crippen LogP contribution >= 0.6 is 11.6 Å². The normalized spacial score (nSPS) is 19.8. The first kappa shape index (κ1) is 12.6. The number of Topliss-reactive ketones (excluding diaryl/α,β-unsaturated/α-hetero) is 1. The van der Waals surface area contributed by atoms with Crippen molar-refractivity contribution < 1.29 is 4.79 Å². The minimum atomic E-state index is 0.0975. The summed E-state index contributed by atoms with van der Waals surface area (Å²) in [5.74, 6) is 0.0975. The average Bonchev–Trinajstić information content (AvgIpc) is 2.89. The van der Waals surface area contributed by atoms with Crippen molar-refractivity contribution in [2.75, 3.05) is 6.54 Å². The molecule has 0 radical (unpaired) electrons. The molecule has 1 aliphatic rings. The highest BCUT2D eigenvalue weighted by Gasteiger charge is 2.23. The summed E-state index contributed by atoms with van der Waals surface area (Å²) in [6.45, 7) is 3.81. The summed E-state index contributed by atoms with van der Waals surface area (Å²) in [6.07, 6.45) is 5.26. The molecule has 1 saturated heterocycles. The Labute approximate surface area is 106 Å². The third-order valence-electron chi connectivity index (χ3n) is 3.09. The van der Waals surface area contributed by atoms with E-state index in [-0.39, 0.29) is 5.78 Å². The maximum absolute atomic E-state index is 12.2. The molecule has 1 aromatic heterocycles. The van der Waals surface area contributed by atoms with Gasteiger partial charge in [0.2, 0.25) is 0 Å². The van der Waals surface area contributed by atoms with Crippen LogP contribution in [-0.2, 0) is 6.54 Å². The number of rotatable bonds is 5. The average molecular weight is 256 g/mol. The standard InChI is InChI=1S/C12H18ClN3O/c1-2-6-16-12(10(13)8-15-16)11(17)7-9-4-3-5-14-9/h8-9,14H,2-7H2,1H3. The highest BCUT2D eigenvalue weighted by Crippen LogP contribution is 2.20. The van der Waals surface area contributed by atoms with Gasteiger partial charge in [-0.1, -0.05) is 18.5 Å². The molecule has 17 heavy (non-hydrogen) atoms. The molecule has 94 valence electrons. The minimum Gasteiger partial charge on any atom is -0.314 e. The third-order valence-corrected chi connectivity index (χ3v) is 3.37. The molecule has 0 aromatic carbocycles. The number of nitrogens with one attached hydrogen (secondary N) is 1. The van der Waals surface area contributed by atoms with E-state index in [1.54, 1.807) is 10.9 Å². The molecule has 0 saturated carbocycles. The van der Waals surface area contributed by atoms with Gasteiger partial charge in [0.05, 0.1) is 11.2 Å². The molecule has 4 nitrogen and oxygen atoms in total. The zero-order valence-corrected chi connectivity index (χ0v) is 10.8. The van der Waals surface area contributed by atoms with E-state index >= 15 is 0 Å². The van der Waals surface area contributed by atoms with Crippen molar-refractivity contribution in [2.24, 2.45) is 0 Å². The fraction of sp³-hybridized carbons (Fsp3) is 0.667. The van der Waals surface area contributed by atoms with Crippen LogP contribution < -0.4 is 5.32 Å². The molecular weight excluding hydrogens is 238 g/mol. The summed E-state index contributed by atoms with van der Waals surface area (Å²) in [4.78, 5) is 12.2. The molecule has 1 unspecified atom stereocenters. The van der Waals surface area contributed by atoms with Crippen molar-refractivity contribution in [3.05, 3.63) is 16.9 Å². The molecule has 0 bridgehead atoms. The Bertz CT molecular complexity index is 396. The predicted octanol–water partition coefficient (Wildman–Crippen LogP) is 2.27. The Morgan fingerprint density at radius 3 is 3.18 bits per heavy atom. The lowest BCUT2D eigenvalue weighted by Crippen LogP contribution is -2.25. The topological polar surface area (TPSA) is 46.9 Å². The molecule has 0 spiro atoms. The van der Waals surface area contributed by atoms with E-state index in [2.05, 4.69) is 17.3 Å². The number of ketones is 1. The molecule has 1 N–H and O–H groups in total. The summed E-state index contributed by atoms with van der Waals surface area (Å²) in [7, 11) is 0. The minimum absolute atomic E-state index is 0.0975. The summed E-state index contributed by atoms with van der Waals surface area (Å²) in [6, 6.07) is 0.309. The molecule has 2 heterocycles. The number of hydrogen-bond donors (Lipinski definition) is 1. The summed E-state index contributed by atoms with van der Waals surface area (Å²) in [5.41, 5.74) is 0.571. The van der Waals surface area contributed by atoms with E-state index in [0.29, 0.717) is 23.2 Å². The van der Waals surface area contributed by atoms with Gasteiger partial charge in [0.15, 0.2) is 5.78 Å². The first-order chi connectivity index (χ1) is 8.22. The molecule has 1 aliphatic heterocycles.